The summed E-state index contributed by atoms with van der Waals surface area (Å²) in [5.41, 5.74) is 15.3. The van der Waals surface area contributed by atoms with Crippen LogP contribution in [0.4, 0.5) is 5.69 Å². The molecule has 3 N–H and O–H groups in total. The third-order valence-corrected chi connectivity index (χ3v) is 4.29. The molecule has 106 valence electrons. The summed E-state index contributed by atoms with van der Waals surface area (Å²) in [6, 6.07) is 10.5. The van der Waals surface area contributed by atoms with Crippen molar-refractivity contribution in [2.75, 3.05) is 12.4 Å². The van der Waals surface area contributed by atoms with Crippen LogP contribution < -0.4 is 11.1 Å². The molecule has 2 nitrogen and oxygen atoms in total. The molecule has 0 aliphatic carbocycles. The quantitative estimate of drug-likeness (QED) is 0.882. The monoisotopic (exact) mass is 268 g/mol. The highest BCUT2D eigenvalue weighted by atomic mass is 14.8. The zero-order chi connectivity index (χ0) is 14.9. The van der Waals surface area contributed by atoms with Crippen molar-refractivity contribution >= 4 is 5.69 Å². The fraction of sp³-hybridized carbons (Fsp3) is 0.333. The first-order chi connectivity index (χ1) is 9.45. The second-order valence-corrected chi connectivity index (χ2v) is 5.52. The van der Waals surface area contributed by atoms with Crippen molar-refractivity contribution in [2.24, 2.45) is 5.73 Å². The number of hydrogen-bond acceptors (Lipinski definition) is 2. The molecule has 0 aliphatic rings. The molecule has 2 heteroatoms. The zero-order valence-corrected chi connectivity index (χ0v) is 13.0. The highest BCUT2D eigenvalue weighted by molar-refractivity contribution is 5.51. The van der Waals surface area contributed by atoms with Crippen LogP contribution in [0.25, 0.3) is 0 Å². The van der Waals surface area contributed by atoms with E-state index in [-0.39, 0.29) is 6.04 Å². The van der Waals surface area contributed by atoms with E-state index in [2.05, 4.69) is 63.3 Å². The summed E-state index contributed by atoms with van der Waals surface area (Å²) in [5.74, 6) is 0. The molecule has 0 radical (unpaired) electrons. The molecule has 0 bridgehead atoms. The molecule has 2 aromatic carbocycles. The Morgan fingerprint density at radius 2 is 1.40 bits per heavy atom. The highest BCUT2D eigenvalue weighted by Crippen LogP contribution is 2.30. The molecule has 1 atom stereocenters. The maximum Gasteiger partial charge on any atom is 0.0557 e. The predicted molar refractivity (Wildman–Crippen MR) is 87.4 cm³/mol. The minimum absolute atomic E-state index is 0.0699. The molecule has 20 heavy (non-hydrogen) atoms. The second-order valence-electron chi connectivity index (χ2n) is 5.52. The van der Waals surface area contributed by atoms with Gasteiger partial charge >= 0.3 is 0 Å². The van der Waals surface area contributed by atoms with Crippen LogP contribution in [0.5, 0.6) is 0 Å². The van der Waals surface area contributed by atoms with Crippen LogP contribution in [0.1, 0.15) is 39.4 Å². The van der Waals surface area contributed by atoms with Crippen LogP contribution in [-0.2, 0) is 0 Å². The van der Waals surface area contributed by atoms with E-state index >= 15 is 0 Å². The predicted octanol–water partition coefficient (Wildman–Crippen LogP) is 4.01. The van der Waals surface area contributed by atoms with E-state index in [4.69, 9.17) is 5.73 Å². The van der Waals surface area contributed by atoms with Crippen LogP contribution in [0, 0.1) is 27.7 Å². The van der Waals surface area contributed by atoms with E-state index in [1.54, 1.807) is 0 Å². The molecule has 0 saturated heterocycles. The van der Waals surface area contributed by atoms with Crippen molar-refractivity contribution in [1.29, 1.82) is 0 Å². The van der Waals surface area contributed by atoms with Gasteiger partial charge in [-0.1, -0.05) is 18.2 Å². The van der Waals surface area contributed by atoms with Gasteiger partial charge < -0.3 is 11.1 Å². The van der Waals surface area contributed by atoms with E-state index in [0.29, 0.717) is 0 Å². The number of benzene rings is 2. The van der Waals surface area contributed by atoms with Gasteiger partial charge in [0.25, 0.3) is 0 Å². The molecule has 0 saturated carbocycles. The number of hydrogen-bond donors (Lipinski definition) is 2. The third kappa shape index (κ3) is 2.56. The van der Waals surface area contributed by atoms with Gasteiger partial charge in [-0.3, -0.25) is 0 Å². The molecule has 2 rings (SSSR count). The van der Waals surface area contributed by atoms with Gasteiger partial charge in [0.2, 0.25) is 0 Å². The normalized spacial score (nSPS) is 12.3. The lowest BCUT2D eigenvalue weighted by molar-refractivity contribution is 0.845. The number of anilines is 1. The van der Waals surface area contributed by atoms with Crippen LogP contribution in [0.15, 0.2) is 30.3 Å². The summed E-state index contributed by atoms with van der Waals surface area (Å²) in [7, 11) is 1.92. The Labute approximate surface area is 122 Å². The van der Waals surface area contributed by atoms with Crippen molar-refractivity contribution < 1.29 is 0 Å². The molecule has 0 aromatic heterocycles. The maximum absolute atomic E-state index is 6.53. The Kier molecular flexibility index (Phi) is 4.15. The third-order valence-electron chi connectivity index (χ3n) is 4.29. The lowest BCUT2D eigenvalue weighted by Crippen LogP contribution is -2.16. The van der Waals surface area contributed by atoms with Gasteiger partial charge in [-0.25, -0.2) is 0 Å². The molecule has 2 aromatic rings. The molecule has 0 spiro atoms. The molecule has 0 fully saturated rings. The average Bonchev–Trinajstić information content (AvgIpc) is 2.45. The summed E-state index contributed by atoms with van der Waals surface area (Å²) in [4.78, 5) is 0. The molecular weight excluding hydrogens is 244 g/mol. The van der Waals surface area contributed by atoms with E-state index < -0.39 is 0 Å². The lowest BCUT2D eigenvalue weighted by atomic mass is 9.87. The zero-order valence-electron chi connectivity index (χ0n) is 13.0. The number of rotatable bonds is 3. The van der Waals surface area contributed by atoms with Gasteiger partial charge in [0.15, 0.2) is 0 Å². The van der Waals surface area contributed by atoms with Crippen LogP contribution in [-0.4, -0.2) is 7.05 Å². The Bertz CT molecular complexity index is 586. The van der Waals surface area contributed by atoms with Crippen LogP contribution >= 0.6 is 0 Å². The van der Waals surface area contributed by atoms with Crippen molar-refractivity contribution in [3.8, 4) is 0 Å². The maximum atomic E-state index is 6.53. The minimum Gasteiger partial charge on any atom is -0.388 e. The Morgan fingerprint density at radius 1 is 0.900 bits per heavy atom. The van der Waals surface area contributed by atoms with Crippen molar-refractivity contribution in [3.63, 3.8) is 0 Å². The van der Waals surface area contributed by atoms with Crippen molar-refractivity contribution in [3.05, 3.63) is 63.7 Å². The fourth-order valence-corrected chi connectivity index (χ4v) is 2.74. The Balaban J connectivity index is 2.49. The topological polar surface area (TPSA) is 38.0 Å². The summed E-state index contributed by atoms with van der Waals surface area (Å²) < 4.78 is 0. The smallest absolute Gasteiger partial charge is 0.0557 e. The first kappa shape index (κ1) is 14.6. The van der Waals surface area contributed by atoms with Crippen LogP contribution in [0.2, 0.25) is 0 Å². The first-order valence-corrected chi connectivity index (χ1v) is 7.06. The fourth-order valence-electron chi connectivity index (χ4n) is 2.74. The standard InChI is InChI=1S/C18H24N2/c1-11-10-12(2)14(4)17(13(11)3)18(19)15-6-8-16(20-5)9-7-15/h6-10,18,20H,19H2,1-5H3. The van der Waals surface area contributed by atoms with Gasteiger partial charge in [-0.15, -0.1) is 0 Å². The van der Waals surface area contributed by atoms with E-state index in [1.807, 2.05) is 7.05 Å². The molecule has 0 heterocycles. The van der Waals surface area contributed by atoms with Crippen molar-refractivity contribution in [1.82, 2.24) is 0 Å². The SMILES string of the molecule is CNc1ccc(C(N)c2c(C)c(C)cc(C)c2C)cc1. The van der Waals surface area contributed by atoms with E-state index in [1.165, 1.54) is 27.8 Å². The lowest BCUT2D eigenvalue weighted by Gasteiger charge is -2.21. The van der Waals surface area contributed by atoms with Gasteiger partial charge in [-0.05, 0) is 73.2 Å². The van der Waals surface area contributed by atoms with E-state index in [9.17, 15) is 0 Å². The Morgan fingerprint density at radius 3 is 1.85 bits per heavy atom. The number of nitrogens with one attached hydrogen (secondary N) is 1. The van der Waals surface area contributed by atoms with Gasteiger partial charge in [-0.2, -0.15) is 0 Å². The highest BCUT2D eigenvalue weighted by Gasteiger charge is 2.16. The van der Waals surface area contributed by atoms with Gasteiger partial charge in [0.1, 0.15) is 0 Å². The molecule has 1 unspecified atom stereocenters. The molecular formula is C18H24N2. The van der Waals surface area contributed by atoms with Crippen molar-refractivity contribution in [2.45, 2.75) is 33.7 Å². The summed E-state index contributed by atoms with van der Waals surface area (Å²) >= 11 is 0. The average molecular weight is 268 g/mol. The Hall–Kier alpha value is -1.80. The molecule has 0 amide bonds. The first-order valence-electron chi connectivity index (χ1n) is 7.06. The summed E-state index contributed by atoms with van der Waals surface area (Å²) in [6.07, 6.45) is 0. The number of aryl methyl sites for hydroxylation is 2. The second kappa shape index (κ2) is 5.68. The summed E-state index contributed by atoms with van der Waals surface area (Å²) in [5, 5.41) is 3.13. The van der Waals surface area contributed by atoms with E-state index in [0.717, 1.165) is 11.3 Å². The van der Waals surface area contributed by atoms with Crippen LogP contribution in [0.3, 0.4) is 0 Å². The van der Waals surface area contributed by atoms with Gasteiger partial charge in [0.05, 0.1) is 6.04 Å². The number of nitrogens with two attached hydrogens (primary N) is 1. The van der Waals surface area contributed by atoms with Gasteiger partial charge in [0, 0.05) is 12.7 Å². The largest absolute Gasteiger partial charge is 0.388 e. The summed E-state index contributed by atoms with van der Waals surface area (Å²) in [6.45, 7) is 8.64. The minimum atomic E-state index is -0.0699. The molecule has 0 aliphatic heterocycles.